The fourth-order valence-corrected chi connectivity index (χ4v) is 2.36. The first-order valence-corrected chi connectivity index (χ1v) is 5.96. The summed E-state index contributed by atoms with van der Waals surface area (Å²) in [7, 11) is 0. The lowest BCUT2D eigenvalue weighted by atomic mass is 10.2. The van der Waals surface area contributed by atoms with Crippen molar-refractivity contribution in [2.75, 3.05) is 13.1 Å². The van der Waals surface area contributed by atoms with Gasteiger partial charge in [-0.25, -0.2) is 0 Å². The number of hydrogen-bond acceptors (Lipinski definition) is 3. The quantitative estimate of drug-likeness (QED) is 0.765. The van der Waals surface area contributed by atoms with Gasteiger partial charge in [-0.05, 0) is 37.1 Å². The van der Waals surface area contributed by atoms with Crippen LogP contribution in [0.5, 0.6) is 0 Å². The number of likely N-dealkylation sites (tertiary alicyclic amines) is 1. The van der Waals surface area contributed by atoms with Crippen molar-refractivity contribution in [3.05, 3.63) is 29.8 Å². The highest BCUT2D eigenvalue weighted by Gasteiger charge is 2.22. The van der Waals surface area contributed by atoms with Gasteiger partial charge in [0.15, 0.2) is 0 Å². The maximum atomic E-state index is 5.75. The van der Waals surface area contributed by atoms with E-state index in [-0.39, 0.29) is 0 Å². The van der Waals surface area contributed by atoms with Crippen molar-refractivity contribution in [1.82, 2.24) is 4.90 Å². The molecule has 1 atom stereocenters. The molecule has 2 N–H and O–H groups in total. The molecule has 0 aliphatic carbocycles. The molecule has 1 aromatic rings. The Bertz CT molecular complexity index is 310. The summed E-state index contributed by atoms with van der Waals surface area (Å²) in [6, 6.07) is 8.97. The molecule has 0 amide bonds. The second-order valence-corrected chi connectivity index (χ2v) is 4.69. The van der Waals surface area contributed by atoms with Crippen molar-refractivity contribution in [2.45, 2.75) is 30.3 Å². The van der Waals surface area contributed by atoms with Crippen molar-refractivity contribution < 1.29 is 0 Å². The Balaban J connectivity index is 1.99. The van der Waals surface area contributed by atoms with E-state index in [0.29, 0.717) is 6.04 Å². The molecule has 0 bridgehead atoms. The molecule has 0 spiro atoms. The van der Waals surface area contributed by atoms with E-state index >= 15 is 0 Å². The summed E-state index contributed by atoms with van der Waals surface area (Å²) < 4.78 is 0. The van der Waals surface area contributed by atoms with Crippen molar-refractivity contribution in [3.8, 4) is 0 Å². The summed E-state index contributed by atoms with van der Waals surface area (Å²) in [6.07, 6.45) is 2.54. The van der Waals surface area contributed by atoms with E-state index in [0.717, 1.165) is 18.0 Å². The second-order valence-electron chi connectivity index (χ2n) is 4.17. The standard InChI is InChI=1S/C12H18N2S/c13-8-11-2-1-7-14(11)9-10-3-5-12(15)6-4-10/h3-6,11,15H,1-2,7-9,13H2. The van der Waals surface area contributed by atoms with Gasteiger partial charge in [-0.1, -0.05) is 12.1 Å². The highest BCUT2D eigenvalue weighted by atomic mass is 32.1. The van der Waals surface area contributed by atoms with E-state index in [4.69, 9.17) is 5.73 Å². The van der Waals surface area contributed by atoms with Crippen molar-refractivity contribution >= 4 is 12.6 Å². The molecule has 2 rings (SSSR count). The third kappa shape index (κ3) is 2.74. The summed E-state index contributed by atoms with van der Waals surface area (Å²) in [5.41, 5.74) is 7.10. The lowest BCUT2D eigenvalue weighted by Gasteiger charge is -2.23. The summed E-state index contributed by atoms with van der Waals surface area (Å²) in [6.45, 7) is 2.99. The zero-order chi connectivity index (χ0) is 10.7. The Morgan fingerprint density at radius 3 is 2.73 bits per heavy atom. The van der Waals surface area contributed by atoms with Crippen molar-refractivity contribution in [2.24, 2.45) is 5.73 Å². The Kier molecular flexibility index (Phi) is 3.67. The molecule has 0 radical (unpaired) electrons. The highest BCUT2D eigenvalue weighted by molar-refractivity contribution is 7.80. The lowest BCUT2D eigenvalue weighted by Crippen LogP contribution is -2.34. The van der Waals surface area contributed by atoms with Crippen LogP contribution < -0.4 is 5.73 Å². The van der Waals surface area contributed by atoms with Gasteiger partial charge in [-0.15, -0.1) is 12.6 Å². The van der Waals surface area contributed by atoms with Crippen LogP contribution in [0.3, 0.4) is 0 Å². The van der Waals surface area contributed by atoms with E-state index < -0.39 is 0 Å². The van der Waals surface area contributed by atoms with Crippen LogP contribution in [0, 0.1) is 0 Å². The fourth-order valence-electron chi connectivity index (χ4n) is 2.21. The van der Waals surface area contributed by atoms with Gasteiger partial charge < -0.3 is 5.73 Å². The molecule has 0 aromatic heterocycles. The molecule has 1 aliphatic rings. The third-order valence-corrected chi connectivity index (χ3v) is 3.39. The predicted molar refractivity (Wildman–Crippen MR) is 66.2 cm³/mol. The van der Waals surface area contributed by atoms with Crippen molar-refractivity contribution in [3.63, 3.8) is 0 Å². The monoisotopic (exact) mass is 222 g/mol. The van der Waals surface area contributed by atoms with Crippen LogP contribution in [-0.4, -0.2) is 24.0 Å². The number of nitrogens with zero attached hydrogens (tertiary/aromatic N) is 1. The van der Waals surface area contributed by atoms with Gasteiger partial charge in [0, 0.05) is 24.0 Å². The Hall–Kier alpha value is -0.510. The zero-order valence-corrected chi connectivity index (χ0v) is 9.79. The van der Waals surface area contributed by atoms with Crippen LogP contribution in [-0.2, 0) is 6.54 Å². The molecule has 1 saturated heterocycles. The fraction of sp³-hybridized carbons (Fsp3) is 0.500. The minimum atomic E-state index is 0.584. The molecular weight excluding hydrogens is 204 g/mol. The molecule has 1 fully saturated rings. The molecule has 15 heavy (non-hydrogen) atoms. The first-order valence-electron chi connectivity index (χ1n) is 5.51. The maximum absolute atomic E-state index is 5.75. The molecule has 1 aromatic carbocycles. The Labute approximate surface area is 96.9 Å². The SMILES string of the molecule is NCC1CCCN1Cc1ccc(S)cc1. The molecule has 2 nitrogen and oxygen atoms in total. The van der Waals surface area contributed by atoms with E-state index in [1.807, 2.05) is 12.1 Å². The molecular formula is C12H18N2S. The summed E-state index contributed by atoms with van der Waals surface area (Å²) in [5, 5.41) is 0. The van der Waals surface area contributed by atoms with E-state index in [1.165, 1.54) is 24.9 Å². The summed E-state index contributed by atoms with van der Waals surface area (Å²) >= 11 is 4.28. The topological polar surface area (TPSA) is 29.3 Å². The van der Waals surface area contributed by atoms with Gasteiger partial charge in [-0.2, -0.15) is 0 Å². The van der Waals surface area contributed by atoms with Crippen LogP contribution in [0.4, 0.5) is 0 Å². The highest BCUT2D eigenvalue weighted by Crippen LogP contribution is 2.19. The maximum Gasteiger partial charge on any atom is 0.0237 e. The minimum Gasteiger partial charge on any atom is -0.329 e. The first-order chi connectivity index (χ1) is 7.29. The second kappa shape index (κ2) is 5.01. The van der Waals surface area contributed by atoms with E-state index in [2.05, 4.69) is 29.7 Å². The third-order valence-electron chi connectivity index (χ3n) is 3.09. The zero-order valence-electron chi connectivity index (χ0n) is 8.89. The van der Waals surface area contributed by atoms with Crippen LogP contribution in [0.2, 0.25) is 0 Å². The Morgan fingerprint density at radius 2 is 2.07 bits per heavy atom. The lowest BCUT2D eigenvalue weighted by molar-refractivity contribution is 0.250. The van der Waals surface area contributed by atoms with Gasteiger partial charge in [0.2, 0.25) is 0 Å². The number of benzene rings is 1. The molecule has 3 heteroatoms. The number of nitrogens with two attached hydrogens (primary N) is 1. The van der Waals surface area contributed by atoms with E-state index in [9.17, 15) is 0 Å². The minimum absolute atomic E-state index is 0.584. The van der Waals surface area contributed by atoms with Gasteiger partial charge in [0.05, 0.1) is 0 Å². The molecule has 1 heterocycles. The van der Waals surface area contributed by atoms with Gasteiger partial charge in [0.25, 0.3) is 0 Å². The van der Waals surface area contributed by atoms with Crippen LogP contribution in [0.15, 0.2) is 29.2 Å². The first kappa shape index (κ1) is 11.0. The van der Waals surface area contributed by atoms with Gasteiger partial charge in [-0.3, -0.25) is 4.90 Å². The normalized spacial score (nSPS) is 22.1. The average Bonchev–Trinajstić information content (AvgIpc) is 2.69. The number of rotatable bonds is 3. The van der Waals surface area contributed by atoms with E-state index in [1.54, 1.807) is 0 Å². The summed E-state index contributed by atoms with van der Waals surface area (Å²) in [4.78, 5) is 3.50. The number of hydrogen-bond donors (Lipinski definition) is 2. The van der Waals surface area contributed by atoms with Crippen molar-refractivity contribution in [1.29, 1.82) is 0 Å². The molecule has 1 unspecified atom stereocenters. The Morgan fingerprint density at radius 1 is 1.33 bits per heavy atom. The van der Waals surface area contributed by atoms with Gasteiger partial charge in [0.1, 0.15) is 0 Å². The van der Waals surface area contributed by atoms with Crippen LogP contribution >= 0.6 is 12.6 Å². The van der Waals surface area contributed by atoms with Crippen LogP contribution in [0.1, 0.15) is 18.4 Å². The number of thiol groups is 1. The average molecular weight is 222 g/mol. The van der Waals surface area contributed by atoms with Crippen LogP contribution in [0.25, 0.3) is 0 Å². The van der Waals surface area contributed by atoms with Gasteiger partial charge >= 0.3 is 0 Å². The summed E-state index contributed by atoms with van der Waals surface area (Å²) in [5.74, 6) is 0. The molecule has 1 aliphatic heterocycles. The largest absolute Gasteiger partial charge is 0.329 e. The molecule has 82 valence electrons. The molecule has 0 saturated carbocycles. The predicted octanol–water partition coefficient (Wildman–Crippen LogP) is 1.90. The smallest absolute Gasteiger partial charge is 0.0237 e.